The van der Waals surface area contributed by atoms with Gasteiger partial charge in [-0.3, -0.25) is 9.69 Å². The molecule has 0 spiro atoms. The van der Waals surface area contributed by atoms with Gasteiger partial charge in [0, 0.05) is 13.6 Å². The Morgan fingerprint density at radius 1 is 1.52 bits per heavy atom. The summed E-state index contributed by atoms with van der Waals surface area (Å²) in [5.74, 6) is -0.646. The molecule has 1 aromatic rings. The van der Waals surface area contributed by atoms with E-state index in [-0.39, 0.29) is 17.8 Å². The third kappa shape index (κ3) is 3.08. The number of fused-ring (bicyclic) bond motifs is 1. The molecule has 1 unspecified atom stereocenters. The standard InChI is InChI=1S/C14H14F3N3O3/c1-3-6-20-10-7-8(14(15,16)17)4-5-9(10)11(21)18-12(20)19(2)13(22)23/h3-5,7,12H,1,6H2,2H3,(H,18,21)(H,22,23). The van der Waals surface area contributed by atoms with Gasteiger partial charge in [-0.25, -0.2) is 4.79 Å². The molecule has 2 amide bonds. The minimum absolute atomic E-state index is 0.00146. The fourth-order valence-electron chi connectivity index (χ4n) is 2.29. The highest BCUT2D eigenvalue weighted by Gasteiger charge is 2.37. The first-order valence-corrected chi connectivity index (χ1v) is 6.52. The SMILES string of the molecule is C=CCN1c2cc(C(F)(F)F)ccc2C(=O)NC1N(C)C(=O)O. The van der Waals surface area contributed by atoms with E-state index in [1.165, 1.54) is 18.0 Å². The molecule has 9 heteroatoms. The van der Waals surface area contributed by atoms with E-state index >= 15 is 0 Å². The summed E-state index contributed by atoms with van der Waals surface area (Å²) in [4.78, 5) is 25.3. The van der Waals surface area contributed by atoms with E-state index in [9.17, 15) is 22.8 Å². The lowest BCUT2D eigenvalue weighted by atomic mass is 10.0. The largest absolute Gasteiger partial charge is 0.465 e. The number of hydrogen-bond acceptors (Lipinski definition) is 3. The van der Waals surface area contributed by atoms with Crippen molar-refractivity contribution in [2.45, 2.75) is 12.5 Å². The average molecular weight is 329 g/mol. The van der Waals surface area contributed by atoms with E-state index in [1.807, 2.05) is 0 Å². The molecule has 6 nitrogen and oxygen atoms in total. The van der Waals surface area contributed by atoms with Crippen LogP contribution in [0.1, 0.15) is 15.9 Å². The summed E-state index contributed by atoms with van der Waals surface area (Å²) in [7, 11) is 1.21. The molecule has 0 saturated heterocycles. The highest BCUT2D eigenvalue weighted by Crippen LogP contribution is 2.35. The zero-order valence-corrected chi connectivity index (χ0v) is 12.1. The van der Waals surface area contributed by atoms with Gasteiger partial charge >= 0.3 is 12.3 Å². The van der Waals surface area contributed by atoms with Gasteiger partial charge in [0.2, 0.25) is 0 Å². The summed E-state index contributed by atoms with van der Waals surface area (Å²) in [6.45, 7) is 3.57. The zero-order chi connectivity index (χ0) is 17.4. The van der Waals surface area contributed by atoms with Crippen LogP contribution in [0.15, 0.2) is 30.9 Å². The van der Waals surface area contributed by atoms with Crippen LogP contribution in [0, 0.1) is 0 Å². The highest BCUT2D eigenvalue weighted by atomic mass is 19.4. The van der Waals surface area contributed by atoms with Gasteiger partial charge in [0.15, 0.2) is 6.29 Å². The van der Waals surface area contributed by atoms with Gasteiger partial charge in [-0.2, -0.15) is 13.2 Å². The third-order valence-electron chi connectivity index (χ3n) is 3.43. The molecule has 0 aliphatic carbocycles. The summed E-state index contributed by atoms with van der Waals surface area (Å²) in [5, 5.41) is 11.5. The van der Waals surface area contributed by atoms with E-state index in [0.717, 1.165) is 23.1 Å². The van der Waals surface area contributed by atoms with Crippen LogP contribution in [0.5, 0.6) is 0 Å². The number of amides is 2. The number of rotatable bonds is 3. The molecule has 1 heterocycles. The first-order chi connectivity index (χ1) is 10.7. The average Bonchev–Trinajstić information content (AvgIpc) is 2.47. The normalized spacial score (nSPS) is 17.3. The van der Waals surface area contributed by atoms with E-state index < -0.39 is 30.0 Å². The van der Waals surface area contributed by atoms with Crippen molar-refractivity contribution >= 4 is 17.7 Å². The van der Waals surface area contributed by atoms with Gasteiger partial charge in [0.05, 0.1) is 16.8 Å². The first kappa shape index (κ1) is 16.7. The summed E-state index contributed by atoms with van der Waals surface area (Å²) < 4.78 is 38.7. The van der Waals surface area contributed by atoms with Gasteiger partial charge in [-0.05, 0) is 18.2 Å². The molecule has 0 bridgehead atoms. The van der Waals surface area contributed by atoms with Crippen molar-refractivity contribution in [3.8, 4) is 0 Å². The second-order valence-electron chi connectivity index (χ2n) is 4.91. The second kappa shape index (κ2) is 5.82. The maximum atomic E-state index is 12.9. The van der Waals surface area contributed by atoms with Gasteiger partial charge < -0.3 is 15.3 Å². The molecular formula is C14H14F3N3O3. The lowest BCUT2D eigenvalue weighted by molar-refractivity contribution is -0.137. The van der Waals surface area contributed by atoms with Crippen LogP contribution < -0.4 is 10.2 Å². The monoisotopic (exact) mass is 329 g/mol. The number of hydrogen-bond donors (Lipinski definition) is 2. The summed E-state index contributed by atoms with van der Waals surface area (Å²) >= 11 is 0. The predicted octanol–water partition coefficient (Wildman–Crippen LogP) is 2.33. The van der Waals surface area contributed by atoms with Gasteiger partial charge in [0.25, 0.3) is 5.91 Å². The smallest absolute Gasteiger partial charge is 0.416 e. The van der Waals surface area contributed by atoms with E-state index in [0.29, 0.717) is 0 Å². The molecule has 1 aromatic carbocycles. The van der Waals surface area contributed by atoms with Gasteiger partial charge in [-0.1, -0.05) is 6.08 Å². The lowest BCUT2D eigenvalue weighted by Gasteiger charge is -2.41. The molecule has 1 aliphatic rings. The van der Waals surface area contributed by atoms with Crippen molar-refractivity contribution in [3.63, 3.8) is 0 Å². The van der Waals surface area contributed by atoms with Gasteiger partial charge in [0.1, 0.15) is 0 Å². The van der Waals surface area contributed by atoms with Crippen LogP contribution in [0.4, 0.5) is 23.7 Å². The maximum absolute atomic E-state index is 12.9. The topological polar surface area (TPSA) is 72.9 Å². The van der Waals surface area contributed by atoms with E-state index in [1.54, 1.807) is 0 Å². The Kier molecular flexibility index (Phi) is 4.22. The summed E-state index contributed by atoms with van der Waals surface area (Å²) in [5.41, 5.74) is -0.881. The molecule has 0 fully saturated rings. The Morgan fingerprint density at radius 3 is 2.70 bits per heavy atom. The zero-order valence-electron chi connectivity index (χ0n) is 12.1. The Morgan fingerprint density at radius 2 is 2.17 bits per heavy atom. The summed E-state index contributed by atoms with van der Waals surface area (Å²) in [6, 6.07) is 2.71. The maximum Gasteiger partial charge on any atom is 0.416 e. The van der Waals surface area contributed by atoms with Crippen LogP contribution in [-0.4, -0.2) is 41.9 Å². The van der Waals surface area contributed by atoms with Crippen molar-refractivity contribution in [2.75, 3.05) is 18.5 Å². The molecule has 23 heavy (non-hydrogen) atoms. The number of anilines is 1. The molecule has 2 rings (SSSR count). The molecule has 0 aromatic heterocycles. The highest BCUT2D eigenvalue weighted by molar-refractivity contribution is 6.02. The number of carbonyl (C=O) groups excluding carboxylic acids is 1. The fraction of sp³-hybridized carbons (Fsp3) is 0.286. The van der Waals surface area contributed by atoms with E-state index in [2.05, 4.69) is 11.9 Å². The van der Waals surface area contributed by atoms with Crippen molar-refractivity contribution in [1.82, 2.24) is 10.2 Å². The molecule has 1 atom stereocenters. The molecular weight excluding hydrogens is 315 g/mol. The van der Waals surface area contributed by atoms with Crippen molar-refractivity contribution in [3.05, 3.63) is 42.0 Å². The fourth-order valence-corrected chi connectivity index (χ4v) is 2.29. The van der Waals surface area contributed by atoms with Crippen molar-refractivity contribution in [2.24, 2.45) is 0 Å². The Labute approximate surface area is 129 Å². The molecule has 0 saturated carbocycles. The van der Waals surface area contributed by atoms with Gasteiger partial charge in [-0.15, -0.1) is 6.58 Å². The van der Waals surface area contributed by atoms with Crippen LogP contribution in [0.2, 0.25) is 0 Å². The third-order valence-corrected chi connectivity index (χ3v) is 3.43. The van der Waals surface area contributed by atoms with Crippen LogP contribution in [0.3, 0.4) is 0 Å². The number of benzene rings is 1. The molecule has 2 N–H and O–H groups in total. The van der Waals surface area contributed by atoms with Crippen LogP contribution >= 0.6 is 0 Å². The molecule has 1 aliphatic heterocycles. The second-order valence-corrected chi connectivity index (χ2v) is 4.91. The molecule has 124 valence electrons. The van der Waals surface area contributed by atoms with Crippen molar-refractivity contribution in [1.29, 1.82) is 0 Å². The Bertz CT molecular complexity index is 660. The Balaban J connectivity index is 2.56. The molecule has 0 radical (unpaired) electrons. The van der Waals surface area contributed by atoms with Crippen molar-refractivity contribution < 1.29 is 27.9 Å². The number of nitrogens with one attached hydrogen (secondary N) is 1. The minimum atomic E-state index is -4.57. The Hall–Kier alpha value is -2.71. The van der Waals surface area contributed by atoms with E-state index in [4.69, 9.17) is 5.11 Å². The number of nitrogens with zero attached hydrogens (tertiary/aromatic N) is 2. The number of halogens is 3. The number of alkyl halides is 3. The predicted molar refractivity (Wildman–Crippen MR) is 76.0 cm³/mol. The quantitative estimate of drug-likeness (QED) is 0.835. The van der Waals surface area contributed by atoms with Crippen LogP contribution in [-0.2, 0) is 6.18 Å². The minimum Gasteiger partial charge on any atom is -0.465 e. The summed E-state index contributed by atoms with van der Waals surface area (Å²) in [6.07, 6.45) is -5.63. The lowest BCUT2D eigenvalue weighted by Crippen LogP contribution is -2.61. The number of carbonyl (C=O) groups is 2. The number of carboxylic acid groups (broad SMARTS) is 1. The van der Waals surface area contributed by atoms with Crippen LogP contribution in [0.25, 0.3) is 0 Å². The first-order valence-electron chi connectivity index (χ1n) is 6.52.